The molecule has 0 saturated carbocycles. The van der Waals surface area contributed by atoms with Crippen molar-refractivity contribution in [3.05, 3.63) is 39.9 Å². The Balaban J connectivity index is 1.70. The molecule has 7 heteroatoms. The molecule has 2 amide bonds. The molecule has 0 saturated heterocycles. The zero-order chi connectivity index (χ0) is 13.7. The minimum Gasteiger partial charge on any atom is -0.361 e. The Morgan fingerprint density at radius 1 is 1.32 bits per heavy atom. The van der Waals surface area contributed by atoms with Gasteiger partial charge in [-0.2, -0.15) is 0 Å². The number of nitrogens with one attached hydrogen (secondary N) is 2. The van der Waals surface area contributed by atoms with Gasteiger partial charge in [0.15, 0.2) is 5.69 Å². The molecule has 0 fully saturated rings. The highest BCUT2D eigenvalue weighted by Gasteiger charge is 2.10. The summed E-state index contributed by atoms with van der Waals surface area (Å²) in [6.07, 6.45) is 0. The number of amides is 2. The van der Waals surface area contributed by atoms with Gasteiger partial charge in [-0.3, -0.25) is 9.59 Å². The molecule has 0 spiro atoms. The lowest BCUT2D eigenvalue weighted by molar-refractivity contribution is 0.0924. The fraction of sp³-hybridized carbons (Fsp3) is 0.250. The first kappa shape index (κ1) is 13.3. The van der Waals surface area contributed by atoms with E-state index in [1.165, 1.54) is 11.3 Å². The monoisotopic (exact) mass is 279 g/mol. The van der Waals surface area contributed by atoms with E-state index in [0.29, 0.717) is 23.7 Å². The first-order valence-electron chi connectivity index (χ1n) is 5.70. The average Bonchev–Trinajstić information content (AvgIpc) is 3.04. The van der Waals surface area contributed by atoms with Crippen molar-refractivity contribution in [1.82, 2.24) is 15.8 Å². The zero-order valence-electron chi connectivity index (χ0n) is 10.3. The number of hydrogen-bond acceptors (Lipinski definition) is 5. The van der Waals surface area contributed by atoms with Crippen LogP contribution in [0.2, 0.25) is 0 Å². The Bertz CT molecular complexity index is 563. The van der Waals surface area contributed by atoms with Gasteiger partial charge in [-0.25, -0.2) is 0 Å². The molecule has 2 aromatic heterocycles. The topological polar surface area (TPSA) is 84.2 Å². The summed E-state index contributed by atoms with van der Waals surface area (Å²) >= 11 is 1.37. The SMILES string of the molecule is Cc1cc(C(=O)NCCNC(=O)c2cccs2)no1. The quantitative estimate of drug-likeness (QED) is 0.806. The smallest absolute Gasteiger partial charge is 0.273 e. The average molecular weight is 279 g/mol. The predicted octanol–water partition coefficient (Wildman–Crippen LogP) is 1.20. The molecule has 0 aromatic carbocycles. The van der Waals surface area contributed by atoms with Crippen molar-refractivity contribution in [3.8, 4) is 0 Å². The van der Waals surface area contributed by atoms with E-state index in [1.54, 1.807) is 19.1 Å². The van der Waals surface area contributed by atoms with E-state index < -0.39 is 0 Å². The van der Waals surface area contributed by atoms with Crippen LogP contribution in [-0.4, -0.2) is 30.1 Å². The van der Waals surface area contributed by atoms with E-state index in [0.717, 1.165) is 0 Å². The number of aryl methyl sites for hydroxylation is 1. The van der Waals surface area contributed by atoms with E-state index in [9.17, 15) is 9.59 Å². The second-order valence-corrected chi connectivity index (χ2v) is 4.76. The Labute approximate surface area is 113 Å². The van der Waals surface area contributed by atoms with Crippen molar-refractivity contribution in [2.75, 3.05) is 13.1 Å². The number of carbonyl (C=O) groups excluding carboxylic acids is 2. The molecule has 100 valence electrons. The van der Waals surface area contributed by atoms with Crippen LogP contribution >= 0.6 is 11.3 Å². The summed E-state index contributed by atoms with van der Waals surface area (Å²) in [6.45, 7) is 2.41. The number of thiophene rings is 1. The van der Waals surface area contributed by atoms with Crippen molar-refractivity contribution >= 4 is 23.2 Å². The van der Waals surface area contributed by atoms with Gasteiger partial charge in [0.2, 0.25) is 0 Å². The first-order chi connectivity index (χ1) is 9.16. The van der Waals surface area contributed by atoms with Crippen LogP contribution < -0.4 is 10.6 Å². The summed E-state index contributed by atoms with van der Waals surface area (Å²) in [7, 11) is 0. The number of hydrogen-bond donors (Lipinski definition) is 2. The maximum atomic E-state index is 11.6. The van der Waals surface area contributed by atoms with Crippen molar-refractivity contribution in [3.63, 3.8) is 0 Å². The molecule has 0 unspecified atom stereocenters. The first-order valence-corrected chi connectivity index (χ1v) is 6.58. The summed E-state index contributed by atoms with van der Waals surface area (Å²) in [5, 5.41) is 10.8. The van der Waals surface area contributed by atoms with Gasteiger partial charge in [-0.1, -0.05) is 11.2 Å². The molecular weight excluding hydrogens is 266 g/mol. The molecule has 0 atom stereocenters. The van der Waals surface area contributed by atoms with Crippen molar-refractivity contribution < 1.29 is 14.1 Å². The minimum absolute atomic E-state index is 0.137. The second-order valence-electron chi connectivity index (χ2n) is 3.81. The van der Waals surface area contributed by atoms with Crippen LogP contribution in [0.1, 0.15) is 25.9 Å². The van der Waals surface area contributed by atoms with Crippen molar-refractivity contribution in [1.29, 1.82) is 0 Å². The highest BCUT2D eigenvalue weighted by atomic mass is 32.1. The maximum Gasteiger partial charge on any atom is 0.273 e. The van der Waals surface area contributed by atoms with Gasteiger partial charge in [-0.15, -0.1) is 11.3 Å². The van der Waals surface area contributed by atoms with Crippen LogP contribution in [0.25, 0.3) is 0 Å². The van der Waals surface area contributed by atoms with Crippen molar-refractivity contribution in [2.24, 2.45) is 0 Å². The lowest BCUT2D eigenvalue weighted by Gasteiger charge is -2.04. The molecule has 0 aliphatic carbocycles. The highest BCUT2D eigenvalue weighted by molar-refractivity contribution is 7.12. The number of nitrogens with zero attached hydrogens (tertiary/aromatic N) is 1. The maximum absolute atomic E-state index is 11.6. The third-order valence-corrected chi connectivity index (χ3v) is 3.17. The summed E-state index contributed by atoms with van der Waals surface area (Å²) < 4.78 is 4.80. The summed E-state index contributed by atoms with van der Waals surface area (Å²) in [4.78, 5) is 23.8. The van der Waals surface area contributed by atoms with E-state index in [-0.39, 0.29) is 17.5 Å². The van der Waals surface area contributed by atoms with Crippen molar-refractivity contribution in [2.45, 2.75) is 6.92 Å². The van der Waals surface area contributed by atoms with Gasteiger partial charge in [-0.05, 0) is 18.4 Å². The van der Waals surface area contributed by atoms with Crippen LogP contribution in [0.5, 0.6) is 0 Å². The second kappa shape index (κ2) is 6.14. The van der Waals surface area contributed by atoms with Crippen LogP contribution in [-0.2, 0) is 0 Å². The lowest BCUT2D eigenvalue weighted by atomic mass is 10.3. The van der Waals surface area contributed by atoms with Crippen LogP contribution in [0.4, 0.5) is 0 Å². The lowest BCUT2D eigenvalue weighted by Crippen LogP contribution is -2.34. The Hall–Kier alpha value is -2.15. The summed E-state index contributed by atoms with van der Waals surface area (Å²) in [5.74, 6) is 0.125. The van der Waals surface area contributed by atoms with Gasteiger partial charge in [0, 0.05) is 19.2 Å². The molecule has 19 heavy (non-hydrogen) atoms. The number of carbonyl (C=O) groups is 2. The van der Waals surface area contributed by atoms with E-state index in [1.807, 2.05) is 11.4 Å². The standard InChI is InChI=1S/C12H13N3O3S/c1-8-7-9(15-18-8)11(16)13-4-5-14-12(17)10-3-2-6-19-10/h2-3,6-7H,4-5H2,1H3,(H,13,16)(H,14,17). The van der Waals surface area contributed by atoms with Crippen LogP contribution in [0.15, 0.2) is 28.1 Å². The van der Waals surface area contributed by atoms with Crippen LogP contribution in [0, 0.1) is 6.92 Å². The molecule has 2 heterocycles. The molecule has 0 radical (unpaired) electrons. The fourth-order valence-corrected chi connectivity index (χ4v) is 2.05. The predicted molar refractivity (Wildman–Crippen MR) is 70.2 cm³/mol. The Morgan fingerprint density at radius 2 is 2.05 bits per heavy atom. The van der Waals surface area contributed by atoms with Gasteiger partial charge in [0.1, 0.15) is 5.76 Å². The summed E-state index contributed by atoms with van der Waals surface area (Å²) in [6, 6.07) is 5.12. The van der Waals surface area contributed by atoms with Crippen LogP contribution in [0.3, 0.4) is 0 Å². The molecule has 2 rings (SSSR count). The molecule has 0 aliphatic heterocycles. The van der Waals surface area contributed by atoms with E-state index in [4.69, 9.17) is 4.52 Å². The third-order valence-electron chi connectivity index (χ3n) is 2.30. The molecule has 0 bridgehead atoms. The molecule has 2 aromatic rings. The molecule has 2 N–H and O–H groups in total. The molecule has 0 aliphatic rings. The van der Waals surface area contributed by atoms with Gasteiger partial charge >= 0.3 is 0 Å². The fourth-order valence-electron chi connectivity index (χ4n) is 1.41. The normalized spacial score (nSPS) is 10.2. The highest BCUT2D eigenvalue weighted by Crippen LogP contribution is 2.07. The number of aromatic nitrogens is 1. The van der Waals surface area contributed by atoms with Gasteiger partial charge < -0.3 is 15.2 Å². The third kappa shape index (κ3) is 3.65. The largest absolute Gasteiger partial charge is 0.361 e. The summed E-state index contributed by atoms with van der Waals surface area (Å²) in [5.41, 5.74) is 0.238. The Morgan fingerprint density at radius 3 is 2.63 bits per heavy atom. The van der Waals surface area contributed by atoms with E-state index >= 15 is 0 Å². The Kier molecular flexibility index (Phi) is 4.30. The number of rotatable bonds is 5. The van der Waals surface area contributed by atoms with Gasteiger partial charge in [0.05, 0.1) is 4.88 Å². The molecular formula is C12H13N3O3S. The molecule has 6 nitrogen and oxygen atoms in total. The zero-order valence-corrected chi connectivity index (χ0v) is 11.1. The van der Waals surface area contributed by atoms with E-state index in [2.05, 4.69) is 15.8 Å². The van der Waals surface area contributed by atoms with Gasteiger partial charge in [0.25, 0.3) is 11.8 Å². The minimum atomic E-state index is -0.317.